The van der Waals surface area contributed by atoms with Crippen molar-refractivity contribution in [2.75, 3.05) is 18.8 Å². The van der Waals surface area contributed by atoms with Crippen LogP contribution in [-0.2, 0) is 0 Å². The topological polar surface area (TPSA) is 50.9 Å². The van der Waals surface area contributed by atoms with Crippen LogP contribution in [0.1, 0.15) is 11.5 Å². The van der Waals surface area contributed by atoms with Crippen LogP contribution in [0, 0.1) is 0 Å². The first kappa shape index (κ1) is 12.5. The summed E-state index contributed by atoms with van der Waals surface area (Å²) in [6, 6.07) is 3.90. The van der Waals surface area contributed by atoms with Crippen LogP contribution < -0.4 is 11.1 Å². The molecule has 1 fully saturated rings. The molecule has 0 saturated carbocycles. The number of nitrogens with two attached hydrogens (primary N) is 1. The molecule has 0 aromatic carbocycles. The molecular weight excluding hydrogens is 209 g/mol. The fourth-order valence-corrected chi connectivity index (χ4v) is 1.18. The first-order valence-electron chi connectivity index (χ1n) is 3.78. The van der Waals surface area contributed by atoms with E-state index in [-0.39, 0.29) is 24.8 Å². The van der Waals surface area contributed by atoms with Crippen LogP contribution in [-0.4, -0.2) is 18.1 Å². The monoisotopic (exact) mass is 221 g/mol. The Bertz CT molecular complexity index is 246. The third kappa shape index (κ3) is 2.72. The Morgan fingerprint density at radius 3 is 2.38 bits per heavy atom. The van der Waals surface area contributed by atoms with Gasteiger partial charge in [-0.05, 0) is 11.6 Å². The summed E-state index contributed by atoms with van der Waals surface area (Å²) in [6.07, 6.45) is 1.86. The molecule has 0 radical (unpaired) electrons. The summed E-state index contributed by atoms with van der Waals surface area (Å²) in [4.78, 5) is 4.03. The molecule has 2 rings (SSSR count). The van der Waals surface area contributed by atoms with Crippen molar-refractivity contribution < 1.29 is 0 Å². The number of hydrogen-bond donors (Lipinski definition) is 2. The first-order valence-corrected chi connectivity index (χ1v) is 3.78. The van der Waals surface area contributed by atoms with Crippen LogP contribution in [0.3, 0.4) is 0 Å². The number of aromatic nitrogens is 1. The normalized spacial score (nSPS) is 15.1. The van der Waals surface area contributed by atoms with Gasteiger partial charge in [-0.25, -0.2) is 4.98 Å². The number of anilines is 1. The molecule has 74 valence electrons. The molecule has 1 aliphatic heterocycles. The molecule has 2 heterocycles. The number of pyridine rings is 1. The summed E-state index contributed by atoms with van der Waals surface area (Å²) in [7, 11) is 0. The van der Waals surface area contributed by atoms with Gasteiger partial charge in [0.2, 0.25) is 0 Å². The molecule has 0 aliphatic carbocycles. The zero-order valence-corrected chi connectivity index (χ0v) is 8.70. The highest BCUT2D eigenvalue weighted by Crippen LogP contribution is 2.18. The third-order valence-electron chi connectivity index (χ3n) is 2.06. The number of nitrogens with one attached hydrogen (secondary N) is 1. The van der Waals surface area contributed by atoms with Crippen molar-refractivity contribution in [2.45, 2.75) is 5.92 Å². The van der Waals surface area contributed by atoms with E-state index in [4.69, 9.17) is 5.73 Å². The Kier molecular flexibility index (Phi) is 5.06. The van der Waals surface area contributed by atoms with E-state index in [1.165, 1.54) is 5.56 Å². The van der Waals surface area contributed by atoms with E-state index in [0.717, 1.165) is 13.1 Å². The van der Waals surface area contributed by atoms with Crippen LogP contribution >= 0.6 is 24.8 Å². The summed E-state index contributed by atoms with van der Waals surface area (Å²) in [6.45, 7) is 2.15. The summed E-state index contributed by atoms with van der Waals surface area (Å²) in [5.41, 5.74) is 6.75. The van der Waals surface area contributed by atoms with Gasteiger partial charge in [-0.2, -0.15) is 0 Å². The largest absolute Gasteiger partial charge is 0.384 e. The van der Waals surface area contributed by atoms with Gasteiger partial charge in [-0.15, -0.1) is 24.8 Å². The summed E-state index contributed by atoms with van der Waals surface area (Å²) >= 11 is 0. The molecule has 5 heteroatoms. The highest BCUT2D eigenvalue weighted by molar-refractivity contribution is 5.85. The Morgan fingerprint density at radius 1 is 1.31 bits per heavy atom. The number of nitrogens with zero attached hydrogens (tertiary/aromatic N) is 1. The number of rotatable bonds is 1. The van der Waals surface area contributed by atoms with Gasteiger partial charge in [-0.1, -0.05) is 6.07 Å². The minimum atomic E-state index is 0. The van der Waals surface area contributed by atoms with Crippen LogP contribution in [0.25, 0.3) is 0 Å². The molecule has 0 spiro atoms. The van der Waals surface area contributed by atoms with Crippen LogP contribution in [0.5, 0.6) is 0 Å². The molecule has 1 aromatic heterocycles. The van der Waals surface area contributed by atoms with Crippen molar-refractivity contribution in [1.29, 1.82) is 0 Å². The van der Waals surface area contributed by atoms with Gasteiger partial charge in [0.1, 0.15) is 5.82 Å². The van der Waals surface area contributed by atoms with Crippen LogP contribution in [0.4, 0.5) is 5.82 Å². The van der Waals surface area contributed by atoms with Gasteiger partial charge in [0, 0.05) is 25.2 Å². The molecule has 1 aliphatic rings. The molecule has 0 amide bonds. The van der Waals surface area contributed by atoms with Crippen molar-refractivity contribution in [3.63, 3.8) is 0 Å². The molecule has 3 N–H and O–H groups in total. The number of halogens is 2. The van der Waals surface area contributed by atoms with Gasteiger partial charge in [0.05, 0.1) is 0 Å². The lowest BCUT2D eigenvalue weighted by Gasteiger charge is -2.26. The maximum absolute atomic E-state index is 5.46. The smallest absolute Gasteiger partial charge is 0.123 e. The van der Waals surface area contributed by atoms with E-state index >= 15 is 0 Å². The fourth-order valence-electron chi connectivity index (χ4n) is 1.18. The van der Waals surface area contributed by atoms with E-state index < -0.39 is 0 Å². The minimum Gasteiger partial charge on any atom is -0.384 e. The Hall–Kier alpha value is -0.510. The minimum absolute atomic E-state index is 0. The lowest BCUT2D eigenvalue weighted by molar-refractivity contribution is 0.447. The predicted octanol–water partition coefficient (Wildman–Crippen LogP) is 1.19. The molecule has 0 bridgehead atoms. The fraction of sp³-hybridized carbons (Fsp3) is 0.375. The molecule has 0 unspecified atom stereocenters. The zero-order valence-electron chi connectivity index (χ0n) is 7.06. The summed E-state index contributed by atoms with van der Waals surface area (Å²) in [5, 5.41) is 3.22. The van der Waals surface area contributed by atoms with Gasteiger partial charge in [0.25, 0.3) is 0 Å². The van der Waals surface area contributed by atoms with E-state index in [1.807, 2.05) is 18.3 Å². The van der Waals surface area contributed by atoms with Crippen molar-refractivity contribution >= 4 is 30.6 Å². The number of hydrogen-bond acceptors (Lipinski definition) is 3. The van der Waals surface area contributed by atoms with Crippen molar-refractivity contribution in [3.8, 4) is 0 Å². The average Bonchev–Trinajstić information content (AvgIpc) is 1.90. The highest BCUT2D eigenvalue weighted by Gasteiger charge is 2.18. The van der Waals surface area contributed by atoms with Crippen molar-refractivity contribution in [3.05, 3.63) is 23.9 Å². The molecular formula is C8H13Cl2N3. The lowest BCUT2D eigenvalue weighted by atomic mass is 9.95. The van der Waals surface area contributed by atoms with E-state index in [0.29, 0.717) is 11.7 Å². The average molecular weight is 222 g/mol. The van der Waals surface area contributed by atoms with Gasteiger partial charge < -0.3 is 11.1 Å². The maximum Gasteiger partial charge on any atom is 0.123 e. The molecule has 13 heavy (non-hydrogen) atoms. The quantitative estimate of drug-likeness (QED) is 0.750. The van der Waals surface area contributed by atoms with Gasteiger partial charge >= 0.3 is 0 Å². The zero-order chi connectivity index (χ0) is 7.68. The molecule has 1 saturated heterocycles. The molecule has 0 atom stereocenters. The van der Waals surface area contributed by atoms with Crippen LogP contribution in [0.15, 0.2) is 18.3 Å². The summed E-state index contributed by atoms with van der Waals surface area (Å²) < 4.78 is 0. The van der Waals surface area contributed by atoms with Gasteiger partial charge in [-0.3, -0.25) is 0 Å². The van der Waals surface area contributed by atoms with E-state index in [2.05, 4.69) is 10.3 Å². The van der Waals surface area contributed by atoms with Gasteiger partial charge in [0.15, 0.2) is 0 Å². The first-order chi connectivity index (χ1) is 5.36. The second-order valence-electron chi connectivity index (χ2n) is 2.87. The Morgan fingerprint density at radius 2 is 2.00 bits per heavy atom. The Labute approximate surface area is 89.9 Å². The standard InChI is InChI=1S/C8H11N3.2ClH/c9-8-2-1-6(5-11-8)7-3-10-4-7;;/h1-2,5,7,10H,3-4H2,(H2,9,11);2*1H. The van der Waals surface area contributed by atoms with E-state index in [1.54, 1.807) is 0 Å². The SMILES string of the molecule is Cl.Cl.Nc1ccc(C2CNC2)cn1. The third-order valence-corrected chi connectivity index (χ3v) is 2.06. The summed E-state index contributed by atoms with van der Waals surface area (Å²) in [5.74, 6) is 1.25. The van der Waals surface area contributed by atoms with E-state index in [9.17, 15) is 0 Å². The second-order valence-corrected chi connectivity index (χ2v) is 2.87. The lowest BCUT2D eigenvalue weighted by Crippen LogP contribution is -2.39. The van der Waals surface area contributed by atoms with Crippen LogP contribution in [0.2, 0.25) is 0 Å². The highest BCUT2D eigenvalue weighted by atomic mass is 35.5. The molecule has 1 aromatic rings. The van der Waals surface area contributed by atoms with Crippen molar-refractivity contribution in [2.24, 2.45) is 0 Å². The number of nitrogen functional groups attached to an aromatic ring is 1. The Balaban J connectivity index is 0.000000720. The second kappa shape index (κ2) is 5.27. The molecule has 3 nitrogen and oxygen atoms in total. The van der Waals surface area contributed by atoms with Crippen molar-refractivity contribution in [1.82, 2.24) is 10.3 Å². The maximum atomic E-state index is 5.46. The predicted molar refractivity (Wildman–Crippen MR) is 58.8 cm³/mol.